The molecule has 3 aliphatic rings. The molecular weight excluding hydrogens is 568 g/mol. The van der Waals surface area contributed by atoms with Crippen LogP contribution < -0.4 is 0 Å². The average molecular weight is 615 g/mol. The summed E-state index contributed by atoms with van der Waals surface area (Å²) in [5, 5.41) is 0. The first kappa shape index (κ1) is 30.9. The molecule has 4 aromatic carbocycles. The van der Waals surface area contributed by atoms with E-state index in [-0.39, 0.29) is 30.3 Å². The monoisotopic (exact) mass is 614 g/mol. The number of carbonyl (C=O) groups excluding carboxylic acids is 1. The molecule has 7 rings (SSSR count). The summed E-state index contributed by atoms with van der Waals surface area (Å²) in [6, 6.07) is 43.6. The van der Waals surface area contributed by atoms with Gasteiger partial charge >= 0.3 is 5.97 Å². The highest BCUT2D eigenvalue weighted by Crippen LogP contribution is 2.55. The third-order valence-corrected chi connectivity index (χ3v) is 10.3. The zero-order valence-corrected chi connectivity index (χ0v) is 26.9. The van der Waals surface area contributed by atoms with E-state index < -0.39 is 0 Å². The first-order valence-corrected chi connectivity index (χ1v) is 17.1. The lowest BCUT2D eigenvalue weighted by Gasteiger charge is -2.40. The fraction of sp³-hybridized carbons (Fsp3) is 0.390. The summed E-state index contributed by atoms with van der Waals surface area (Å²) in [5.74, 6) is 1.13. The van der Waals surface area contributed by atoms with Gasteiger partial charge in [0.2, 0.25) is 0 Å². The van der Waals surface area contributed by atoms with Crippen LogP contribution >= 0.6 is 0 Å². The molecule has 5 heteroatoms. The molecular formula is C41H46N2O3. The van der Waals surface area contributed by atoms with Crippen molar-refractivity contribution >= 4 is 5.97 Å². The van der Waals surface area contributed by atoms with Crippen LogP contribution in [0.15, 0.2) is 121 Å². The fourth-order valence-electron chi connectivity index (χ4n) is 8.17. The molecule has 0 amide bonds. The second kappa shape index (κ2) is 14.3. The molecule has 0 N–H and O–H groups in total. The van der Waals surface area contributed by atoms with Crippen LogP contribution in [-0.4, -0.2) is 46.2 Å². The molecule has 3 fully saturated rings. The smallest absolute Gasteiger partial charge is 0.302 e. The van der Waals surface area contributed by atoms with E-state index in [4.69, 9.17) is 9.47 Å². The van der Waals surface area contributed by atoms with E-state index in [1.807, 2.05) is 0 Å². The quantitative estimate of drug-likeness (QED) is 0.145. The number of rotatable bonds is 13. The van der Waals surface area contributed by atoms with Gasteiger partial charge in [-0.1, -0.05) is 121 Å². The second-order valence-corrected chi connectivity index (χ2v) is 13.6. The van der Waals surface area contributed by atoms with E-state index in [2.05, 4.69) is 131 Å². The van der Waals surface area contributed by atoms with Gasteiger partial charge < -0.3 is 9.47 Å². The van der Waals surface area contributed by atoms with Crippen molar-refractivity contribution in [3.05, 3.63) is 144 Å². The predicted octanol–water partition coefficient (Wildman–Crippen LogP) is 7.65. The van der Waals surface area contributed by atoms with Crippen molar-refractivity contribution < 1.29 is 14.3 Å². The maximum Gasteiger partial charge on any atom is 0.302 e. The Labute approximate surface area is 274 Å². The summed E-state index contributed by atoms with van der Waals surface area (Å²) in [4.78, 5) is 17.6. The van der Waals surface area contributed by atoms with Crippen molar-refractivity contribution in [1.29, 1.82) is 0 Å². The van der Waals surface area contributed by atoms with E-state index in [9.17, 15) is 4.79 Å². The van der Waals surface area contributed by atoms with E-state index in [1.165, 1.54) is 35.6 Å². The summed E-state index contributed by atoms with van der Waals surface area (Å²) in [5.41, 5.74) is 5.22. The Bertz CT molecular complexity index is 1450. The molecule has 0 radical (unpaired) electrons. The number of fused-ring (bicyclic) bond motifs is 1. The summed E-state index contributed by atoms with van der Waals surface area (Å²) < 4.78 is 13.4. The van der Waals surface area contributed by atoms with Gasteiger partial charge in [-0.2, -0.15) is 0 Å². The van der Waals surface area contributed by atoms with Crippen molar-refractivity contribution in [2.75, 3.05) is 0 Å². The molecule has 4 aromatic rings. The number of ether oxygens (including phenoxy) is 2. The van der Waals surface area contributed by atoms with Crippen LogP contribution in [0.25, 0.3) is 0 Å². The minimum absolute atomic E-state index is 0.0927. The van der Waals surface area contributed by atoms with Crippen LogP contribution in [0.3, 0.4) is 0 Å². The number of esters is 1. The molecule has 1 unspecified atom stereocenters. The van der Waals surface area contributed by atoms with Gasteiger partial charge in [-0.15, -0.1) is 0 Å². The lowest BCUT2D eigenvalue weighted by atomic mass is 10.0. The van der Waals surface area contributed by atoms with Crippen LogP contribution in [0.5, 0.6) is 0 Å². The number of hydrogen-bond donors (Lipinski definition) is 0. The maximum absolute atomic E-state index is 12.4. The molecule has 0 aromatic heterocycles. The Morgan fingerprint density at radius 1 is 0.609 bits per heavy atom. The van der Waals surface area contributed by atoms with E-state index in [1.54, 1.807) is 0 Å². The zero-order chi connectivity index (χ0) is 31.3. The molecule has 3 saturated carbocycles. The van der Waals surface area contributed by atoms with Crippen LogP contribution in [0, 0.1) is 11.8 Å². The van der Waals surface area contributed by atoms with Gasteiger partial charge in [-0.05, 0) is 59.8 Å². The topological polar surface area (TPSA) is 42.0 Å². The molecule has 0 bridgehead atoms. The summed E-state index contributed by atoms with van der Waals surface area (Å²) in [6.07, 6.45) is 3.77. The Kier molecular flexibility index (Phi) is 9.62. The van der Waals surface area contributed by atoms with E-state index in [0.29, 0.717) is 17.9 Å². The van der Waals surface area contributed by atoms with Crippen molar-refractivity contribution in [2.45, 2.75) is 89.2 Å². The standard InChI is InChI=1S/C41H46N2O3/c1-30(44)45-38-23-22-37(42(26-31-14-6-2-7-15-31)27-32-16-8-3-9-17-32)41(38)46-39-25-35-24-36(35)40(39)43(28-33-18-10-4-11-19-33)29-34-20-12-5-13-21-34/h2-21,35-41H,22-29H2,1H3/t35-,36-,37-,38-,39?,40+,41-/m1/s1. The SMILES string of the molecule is CC(=O)O[C@@H]1CC[C@@H](N(Cc2ccccc2)Cc2ccccc2)[C@H]1OC1C[C@H]2C[C@H]2[C@@H]1N(Cc1ccccc1)Cc1ccccc1. The third-order valence-electron chi connectivity index (χ3n) is 10.3. The predicted molar refractivity (Wildman–Crippen MR) is 182 cm³/mol. The van der Waals surface area contributed by atoms with Gasteiger partial charge in [0.25, 0.3) is 0 Å². The van der Waals surface area contributed by atoms with Gasteiger partial charge in [0, 0.05) is 45.2 Å². The third kappa shape index (κ3) is 7.44. The Hall–Kier alpha value is -3.77. The van der Waals surface area contributed by atoms with E-state index in [0.717, 1.165) is 45.4 Å². The largest absolute Gasteiger partial charge is 0.460 e. The summed E-state index contributed by atoms with van der Waals surface area (Å²) >= 11 is 0. The summed E-state index contributed by atoms with van der Waals surface area (Å²) in [6.45, 7) is 4.95. The van der Waals surface area contributed by atoms with Crippen LogP contribution in [-0.2, 0) is 40.4 Å². The average Bonchev–Trinajstić information content (AvgIpc) is 3.58. The molecule has 3 aliphatic carbocycles. The van der Waals surface area contributed by atoms with Gasteiger partial charge in [0.1, 0.15) is 12.2 Å². The normalized spacial score (nSPS) is 26.7. The molecule has 238 valence electrons. The lowest BCUT2D eigenvalue weighted by Crippen LogP contribution is -2.50. The lowest BCUT2D eigenvalue weighted by molar-refractivity contribution is -0.162. The van der Waals surface area contributed by atoms with Gasteiger partial charge in [0.15, 0.2) is 0 Å². The summed E-state index contributed by atoms with van der Waals surface area (Å²) in [7, 11) is 0. The van der Waals surface area contributed by atoms with Crippen molar-refractivity contribution in [3.63, 3.8) is 0 Å². The highest BCUT2D eigenvalue weighted by molar-refractivity contribution is 5.66. The van der Waals surface area contributed by atoms with Crippen molar-refractivity contribution in [2.24, 2.45) is 11.8 Å². The number of carbonyl (C=O) groups is 1. The molecule has 5 nitrogen and oxygen atoms in total. The molecule has 0 spiro atoms. The van der Waals surface area contributed by atoms with Crippen molar-refractivity contribution in [1.82, 2.24) is 9.80 Å². The van der Waals surface area contributed by atoms with Crippen LogP contribution in [0.4, 0.5) is 0 Å². The highest BCUT2D eigenvalue weighted by atomic mass is 16.6. The Morgan fingerprint density at radius 2 is 1.07 bits per heavy atom. The molecule has 0 aliphatic heterocycles. The van der Waals surface area contributed by atoms with Crippen LogP contribution in [0.2, 0.25) is 0 Å². The molecule has 0 saturated heterocycles. The number of hydrogen-bond acceptors (Lipinski definition) is 5. The molecule has 0 heterocycles. The minimum Gasteiger partial charge on any atom is -0.460 e. The maximum atomic E-state index is 12.4. The molecule has 7 atom stereocenters. The van der Waals surface area contributed by atoms with Crippen molar-refractivity contribution in [3.8, 4) is 0 Å². The Morgan fingerprint density at radius 3 is 1.52 bits per heavy atom. The number of benzene rings is 4. The minimum atomic E-state index is -0.245. The zero-order valence-electron chi connectivity index (χ0n) is 26.9. The second-order valence-electron chi connectivity index (χ2n) is 13.6. The Balaban J connectivity index is 1.18. The fourth-order valence-corrected chi connectivity index (χ4v) is 8.17. The molecule has 46 heavy (non-hydrogen) atoms. The number of nitrogens with zero attached hydrogens (tertiary/aromatic N) is 2. The first-order valence-electron chi connectivity index (χ1n) is 17.1. The van der Waals surface area contributed by atoms with Gasteiger partial charge in [0.05, 0.1) is 6.10 Å². The van der Waals surface area contributed by atoms with Gasteiger partial charge in [-0.3, -0.25) is 14.6 Å². The first-order chi connectivity index (χ1) is 22.6. The van der Waals surface area contributed by atoms with E-state index >= 15 is 0 Å². The van der Waals surface area contributed by atoms with Gasteiger partial charge in [-0.25, -0.2) is 0 Å². The van der Waals surface area contributed by atoms with Crippen LogP contribution in [0.1, 0.15) is 54.9 Å². The highest BCUT2D eigenvalue weighted by Gasteiger charge is 2.57.